The molecule has 5 nitrogen and oxygen atoms in total. The minimum Gasteiger partial charge on any atom is -0.506 e. The summed E-state index contributed by atoms with van der Waals surface area (Å²) in [7, 11) is 0. The third kappa shape index (κ3) is 5.12. The van der Waals surface area contributed by atoms with E-state index in [9.17, 15) is 9.90 Å². The average Bonchev–Trinajstić information content (AvgIpc) is 2.48. The maximum absolute atomic E-state index is 11.0. The number of benzene rings is 2. The van der Waals surface area contributed by atoms with E-state index in [0.29, 0.717) is 18.6 Å². The lowest BCUT2D eigenvalue weighted by Gasteiger charge is -2.15. The number of aliphatic carboxylic acids is 1. The summed E-state index contributed by atoms with van der Waals surface area (Å²) in [6, 6.07) is 6.54. The van der Waals surface area contributed by atoms with Crippen molar-refractivity contribution >= 4 is 102 Å². The van der Waals surface area contributed by atoms with Crippen LogP contribution in [0.4, 0.5) is 5.69 Å². The molecule has 0 aromatic heterocycles. The predicted octanol–water partition coefficient (Wildman–Crippen LogP) is 5.49. The Bertz CT molecular complexity index is 751. The number of ether oxygens (including phenoxy) is 1. The fourth-order valence-corrected chi connectivity index (χ4v) is 5.47. The monoisotopic (exact) mass is 777 g/mol. The molecule has 0 fully saturated rings. The van der Waals surface area contributed by atoms with Crippen LogP contribution in [0.15, 0.2) is 24.3 Å². The molecule has 0 bridgehead atoms. The van der Waals surface area contributed by atoms with Gasteiger partial charge in [-0.1, -0.05) is 0 Å². The van der Waals surface area contributed by atoms with Gasteiger partial charge in [-0.05, 0) is 122 Å². The molecule has 24 heavy (non-hydrogen) atoms. The maximum Gasteiger partial charge on any atom is 0.325 e. The fraction of sp³-hybridized carbons (Fsp3) is 0.133. The van der Waals surface area contributed by atoms with Crippen LogP contribution in [0.1, 0.15) is 6.92 Å². The first-order valence-electron chi connectivity index (χ1n) is 6.53. The topological polar surface area (TPSA) is 78.8 Å². The van der Waals surface area contributed by atoms with Gasteiger partial charge in [-0.2, -0.15) is 0 Å². The van der Waals surface area contributed by atoms with E-state index in [1.54, 1.807) is 19.1 Å². The first-order chi connectivity index (χ1) is 11.2. The highest BCUT2D eigenvalue weighted by molar-refractivity contribution is 14.1. The number of phenols is 1. The summed E-state index contributed by atoms with van der Waals surface area (Å²) in [4.78, 5) is 11.0. The number of rotatable bonds is 5. The van der Waals surface area contributed by atoms with E-state index in [1.165, 1.54) is 0 Å². The number of carboxylic acids is 1. The number of carboxylic acid groups (broad SMARTS) is 1. The third-order valence-electron chi connectivity index (χ3n) is 2.96. The van der Waals surface area contributed by atoms with Crippen LogP contribution in [0, 0.1) is 14.3 Å². The Hall–Kier alpha value is 0.230. The second kappa shape index (κ2) is 8.75. The number of anilines is 1. The minimum atomic E-state index is -0.909. The van der Waals surface area contributed by atoms with Gasteiger partial charge in [0.15, 0.2) is 5.75 Å². The SMILES string of the molecule is C[C@H](Nc1cc(I)c(Oc2cc(I)c(O)c(I)c2)c(I)c1)C(=O)O. The van der Waals surface area contributed by atoms with E-state index in [-0.39, 0.29) is 5.75 Å². The van der Waals surface area contributed by atoms with Gasteiger partial charge in [-0.15, -0.1) is 0 Å². The highest BCUT2D eigenvalue weighted by atomic mass is 127. The number of halogens is 4. The smallest absolute Gasteiger partial charge is 0.325 e. The zero-order valence-corrected chi connectivity index (χ0v) is 20.7. The molecular weight excluding hydrogens is 766 g/mol. The molecule has 2 rings (SSSR count). The summed E-state index contributed by atoms with van der Waals surface area (Å²) in [5, 5.41) is 21.8. The van der Waals surface area contributed by atoms with Crippen molar-refractivity contribution < 1.29 is 19.7 Å². The van der Waals surface area contributed by atoms with E-state index in [1.807, 2.05) is 12.1 Å². The summed E-state index contributed by atoms with van der Waals surface area (Å²) >= 11 is 8.42. The van der Waals surface area contributed by atoms with E-state index < -0.39 is 12.0 Å². The van der Waals surface area contributed by atoms with Crippen LogP contribution in [0.5, 0.6) is 17.2 Å². The molecule has 2 aromatic carbocycles. The van der Waals surface area contributed by atoms with Crippen LogP contribution in [0.3, 0.4) is 0 Å². The largest absolute Gasteiger partial charge is 0.506 e. The Morgan fingerprint density at radius 1 is 1.04 bits per heavy atom. The summed E-state index contributed by atoms with van der Waals surface area (Å²) in [5.74, 6) is 0.669. The van der Waals surface area contributed by atoms with E-state index in [4.69, 9.17) is 9.84 Å². The van der Waals surface area contributed by atoms with Crippen LogP contribution in [-0.4, -0.2) is 22.2 Å². The van der Waals surface area contributed by atoms with Crippen molar-refractivity contribution in [1.29, 1.82) is 0 Å². The van der Waals surface area contributed by atoms with E-state index >= 15 is 0 Å². The van der Waals surface area contributed by atoms with Crippen LogP contribution in [0.25, 0.3) is 0 Å². The molecule has 2 aromatic rings. The van der Waals surface area contributed by atoms with Crippen molar-refractivity contribution in [1.82, 2.24) is 0 Å². The summed E-state index contributed by atoms with van der Waals surface area (Å²) in [6.07, 6.45) is 0. The maximum atomic E-state index is 11.0. The molecule has 0 saturated heterocycles. The number of carbonyl (C=O) groups is 1. The molecule has 9 heteroatoms. The third-order valence-corrected chi connectivity index (χ3v) is 6.21. The van der Waals surface area contributed by atoms with Crippen molar-refractivity contribution in [2.45, 2.75) is 13.0 Å². The van der Waals surface area contributed by atoms with Crippen LogP contribution in [0.2, 0.25) is 0 Å². The standard InChI is InChI=1S/C15H11I4NO4/c1-6(15(22)23)20-7-2-11(18)14(12(19)3-7)24-8-4-9(16)13(21)10(17)5-8/h2-6,20-21H,1H3,(H,22,23)/t6-/m0/s1. The van der Waals surface area contributed by atoms with Crippen LogP contribution in [-0.2, 0) is 4.79 Å². The molecule has 0 heterocycles. The molecule has 0 amide bonds. The number of hydrogen-bond donors (Lipinski definition) is 3. The Morgan fingerprint density at radius 3 is 2.00 bits per heavy atom. The molecule has 0 unspecified atom stereocenters. The zero-order chi connectivity index (χ0) is 18.0. The second-order valence-electron chi connectivity index (χ2n) is 4.81. The lowest BCUT2D eigenvalue weighted by atomic mass is 10.2. The molecule has 0 aliphatic carbocycles. The quantitative estimate of drug-likeness (QED) is 0.351. The lowest BCUT2D eigenvalue weighted by Crippen LogP contribution is -2.25. The van der Waals surface area contributed by atoms with Crippen molar-refractivity contribution in [2.75, 3.05) is 5.32 Å². The zero-order valence-electron chi connectivity index (χ0n) is 12.1. The molecule has 0 aliphatic rings. The van der Waals surface area contributed by atoms with Gasteiger partial charge in [0.2, 0.25) is 0 Å². The van der Waals surface area contributed by atoms with Gasteiger partial charge in [0.1, 0.15) is 17.5 Å². The Balaban J connectivity index is 2.30. The van der Waals surface area contributed by atoms with Gasteiger partial charge in [-0.25, -0.2) is 0 Å². The van der Waals surface area contributed by atoms with Crippen molar-refractivity contribution in [2.24, 2.45) is 0 Å². The Kier molecular flexibility index (Phi) is 7.49. The number of phenolic OH excluding ortho intramolecular Hbond substituents is 1. The first-order valence-corrected chi connectivity index (χ1v) is 10.8. The first kappa shape index (κ1) is 20.5. The number of aromatic hydroxyl groups is 1. The molecule has 0 spiro atoms. The van der Waals surface area contributed by atoms with E-state index in [2.05, 4.69) is 95.7 Å². The van der Waals surface area contributed by atoms with Crippen molar-refractivity contribution in [3.63, 3.8) is 0 Å². The van der Waals surface area contributed by atoms with Gasteiger partial charge in [0.25, 0.3) is 0 Å². The van der Waals surface area contributed by atoms with Crippen LogP contribution < -0.4 is 10.1 Å². The summed E-state index contributed by atoms with van der Waals surface area (Å²) in [5.41, 5.74) is 0.723. The highest BCUT2D eigenvalue weighted by Gasteiger charge is 2.15. The second-order valence-corrected chi connectivity index (χ2v) is 9.46. The van der Waals surface area contributed by atoms with Gasteiger partial charge in [0, 0.05) is 5.69 Å². The fourth-order valence-electron chi connectivity index (χ4n) is 1.77. The van der Waals surface area contributed by atoms with Crippen LogP contribution >= 0.6 is 90.4 Å². The lowest BCUT2D eigenvalue weighted by molar-refractivity contribution is -0.137. The number of hydrogen-bond acceptors (Lipinski definition) is 4. The van der Waals surface area contributed by atoms with E-state index in [0.717, 1.165) is 12.8 Å². The predicted molar refractivity (Wildman–Crippen MR) is 126 cm³/mol. The van der Waals surface area contributed by atoms with Gasteiger partial charge in [0.05, 0.1) is 14.3 Å². The Labute approximate surface area is 193 Å². The summed E-state index contributed by atoms with van der Waals surface area (Å²) in [6.45, 7) is 1.59. The molecule has 128 valence electrons. The average molecular weight is 777 g/mol. The molecular formula is C15H11I4NO4. The highest BCUT2D eigenvalue weighted by Crippen LogP contribution is 2.37. The van der Waals surface area contributed by atoms with Gasteiger partial charge in [-0.3, -0.25) is 4.79 Å². The van der Waals surface area contributed by atoms with Crippen molar-refractivity contribution in [3.05, 3.63) is 38.5 Å². The molecule has 3 N–H and O–H groups in total. The van der Waals surface area contributed by atoms with Gasteiger partial charge < -0.3 is 20.3 Å². The van der Waals surface area contributed by atoms with Gasteiger partial charge >= 0.3 is 5.97 Å². The van der Waals surface area contributed by atoms with Crippen molar-refractivity contribution in [3.8, 4) is 17.2 Å². The normalized spacial score (nSPS) is 11.9. The molecule has 0 saturated carbocycles. The molecule has 0 aliphatic heterocycles. The molecule has 0 radical (unpaired) electrons. The Morgan fingerprint density at radius 2 is 1.54 bits per heavy atom. The number of nitrogens with one attached hydrogen (secondary N) is 1. The summed E-state index contributed by atoms with van der Waals surface area (Å²) < 4.78 is 9.13. The minimum absolute atomic E-state index is 0.246. The molecule has 1 atom stereocenters.